The number of hydrazone groups is 1. The molecule has 1 N–H and O–H groups in total. The Hall–Kier alpha value is -2.65. The van der Waals surface area contributed by atoms with Crippen molar-refractivity contribution in [3.05, 3.63) is 0 Å². The second-order valence-corrected chi connectivity index (χ2v) is 4.17. The van der Waals surface area contributed by atoms with Gasteiger partial charge >= 0.3 is 23.9 Å². The van der Waals surface area contributed by atoms with Gasteiger partial charge < -0.3 is 18.9 Å². The Morgan fingerprint density at radius 3 is 1.86 bits per heavy atom. The average Bonchev–Trinajstić information content (AvgIpc) is 2.57. The van der Waals surface area contributed by atoms with Crippen molar-refractivity contribution in [2.24, 2.45) is 16.9 Å². The average molecular weight is 316 g/mol. The summed E-state index contributed by atoms with van der Waals surface area (Å²) in [6.07, 6.45) is 0. The van der Waals surface area contributed by atoms with Gasteiger partial charge in [-0.15, -0.1) is 0 Å². The van der Waals surface area contributed by atoms with Crippen LogP contribution >= 0.6 is 0 Å². The molecule has 0 unspecified atom stereocenters. The first-order chi connectivity index (χ1) is 10.4. The molecule has 0 fully saturated rings. The maximum absolute atomic E-state index is 12.0. The molecule has 10 nitrogen and oxygen atoms in total. The van der Waals surface area contributed by atoms with Gasteiger partial charge in [0.2, 0.25) is 0 Å². The summed E-state index contributed by atoms with van der Waals surface area (Å²) in [6, 6.07) is -1.31. The number of esters is 4. The van der Waals surface area contributed by atoms with Gasteiger partial charge in [-0.25, -0.2) is 9.59 Å². The molecule has 0 radical (unpaired) electrons. The lowest BCUT2D eigenvalue weighted by atomic mass is 9.81. The third-order valence-corrected chi connectivity index (χ3v) is 3.12. The summed E-state index contributed by atoms with van der Waals surface area (Å²) in [6.45, 7) is 0. The molecule has 1 aliphatic heterocycles. The van der Waals surface area contributed by atoms with Crippen molar-refractivity contribution >= 4 is 29.6 Å². The first-order valence-corrected chi connectivity index (χ1v) is 6.07. The first kappa shape index (κ1) is 17.4. The number of hydrogen-bond acceptors (Lipinski definition) is 10. The minimum atomic E-state index is -1.46. The van der Waals surface area contributed by atoms with Crippen LogP contribution in [0.15, 0.2) is 5.10 Å². The van der Waals surface area contributed by atoms with E-state index in [2.05, 4.69) is 29.5 Å². The SMILES string of the molecule is COC(=O)C1=NN[C@@H](C(=O)OC)[C@@H](C(=O)OC)[C@@H]1C(=O)OC. The maximum Gasteiger partial charge on any atom is 0.355 e. The fraction of sp³-hybridized carbons (Fsp3) is 0.583. The van der Waals surface area contributed by atoms with Crippen LogP contribution in [-0.4, -0.2) is 64.1 Å². The van der Waals surface area contributed by atoms with Gasteiger partial charge in [0.15, 0.2) is 11.8 Å². The van der Waals surface area contributed by atoms with Crippen molar-refractivity contribution in [1.29, 1.82) is 0 Å². The highest BCUT2D eigenvalue weighted by Gasteiger charge is 2.52. The van der Waals surface area contributed by atoms with E-state index in [9.17, 15) is 19.2 Å². The molecule has 0 spiro atoms. The highest BCUT2D eigenvalue weighted by atomic mass is 16.5. The summed E-state index contributed by atoms with van der Waals surface area (Å²) in [4.78, 5) is 47.5. The number of carbonyl (C=O) groups excluding carboxylic acids is 4. The van der Waals surface area contributed by atoms with Crippen molar-refractivity contribution in [3.63, 3.8) is 0 Å². The van der Waals surface area contributed by atoms with Crippen LogP contribution in [0.2, 0.25) is 0 Å². The van der Waals surface area contributed by atoms with E-state index in [0.717, 1.165) is 28.4 Å². The van der Waals surface area contributed by atoms with E-state index >= 15 is 0 Å². The quantitative estimate of drug-likeness (QED) is 0.473. The molecule has 3 atom stereocenters. The Morgan fingerprint density at radius 2 is 1.41 bits per heavy atom. The smallest absolute Gasteiger partial charge is 0.355 e. The molecule has 122 valence electrons. The van der Waals surface area contributed by atoms with Gasteiger partial charge in [0, 0.05) is 0 Å². The third-order valence-electron chi connectivity index (χ3n) is 3.12. The third kappa shape index (κ3) is 3.15. The topological polar surface area (TPSA) is 130 Å². The fourth-order valence-corrected chi connectivity index (χ4v) is 2.05. The van der Waals surface area contributed by atoms with Gasteiger partial charge in [-0.2, -0.15) is 5.10 Å². The Labute approximate surface area is 125 Å². The zero-order chi connectivity index (χ0) is 16.9. The lowest BCUT2D eigenvalue weighted by Gasteiger charge is -2.32. The summed E-state index contributed by atoms with van der Waals surface area (Å²) in [5.74, 6) is -6.49. The Bertz CT molecular complexity index is 515. The minimum absolute atomic E-state index is 0.398. The van der Waals surface area contributed by atoms with Gasteiger partial charge in [0.05, 0.1) is 28.4 Å². The van der Waals surface area contributed by atoms with Crippen LogP contribution in [0.1, 0.15) is 0 Å². The number of nitrogens with zero attached hydrogens (tertiary/aromatic N) is 1. The molecule has 10 heteroatoms. The van der Waals surface area contributed by atoms with Crippen LogP contribution in [0, 0.1) is 11.8 Å². The van der Waals surface area contributed by atoms with Gasteiger partial charge in [0.1, 0.15) is 11.8 Å². The number of hydrogen-bond donors (Lipinski definition) is 1. The highest BCUT2D eigenvalue weighted by Crippen LogP contribution is 2.26. The fourth-order valence-electron chi connectivity index (χ4n) is 2.05. The van der Waals surface area contributed by atoms with Crippen LogP contribution in [0.5, 0.6) is 0 Å². The van der Waals surface area contributed by atoms with Crippen molar-refractivity contribution in [2.45, 2.75) is 6.04 Å². The van der Waals surface area contributed by atoms with Crippen LogP contribution in [0.25, 0.3) is 0 Å². The van der Waals surface area contributed by atoms with Crippen molar-refractivity contribution in [2.75, 3.05) is 28.4 Å². The van der Waals surface area contributed by atoms with E-state index in [0.29, 0.717) is 0 Å². The standard InChI is InChI=1S/C12H16N2O8/c1-19-9(15)5-6(10(16)20-2)8(12(18)22-4)14-13-7(5)11(17)21-3/h5-7,13H,1-4H3/t5-,6-,7+/m0/s1. The van der Waals surface area contributed by atoms with Gasteiger partial charge in [-0.3, -0.25) is 15.0 Å². The van der Waals surface area contributed by atoms with E-state index < -0.39 is 47.5 Å². The molecule has 1 rings (SSSR count). The molecule has 0 amide bonds. The second-order valence-electron chi connectivity index (χ2n) is 4.17. The van der Waals surface area contributed by atoms with Crippen LogP contribution in [-0.2, 0) is 38.1 Å². The molecular formula is C12H16N2O8. The Morgan fingerprint density at radius 1 is 0.864 bits per heavy atom. The molecule has 0 saturated heterocycles. The predicted octanol–water partition coefficient (Wildman–Crippen LogP) is -1.76. The molecule has 1 heterocycles. The van der Waals surface area contributed by atoms with Crippen LogP contribution in [0.3, 0.4) is 0 Å². The molecule has 0 aromatic rings. The van der Waals surface area contributed by atoms with Crippen molar-refractivity contribution in [3.8, 4) is 0 Å². The number of carbonyl (C=O) groups is 4. The van der Waals surface area contributed by atoms with Crippen molar-refractivity contribution in [1.82, 2.24) is 5.43 Å². The first-order valence-electron chi connectivity index (χ1n) is 6.07. The van der Waals surface area contributed by atoms with Gasteiger partial charge in [0.25, 0.3) is 0 Å². The molecule has 0 aromatic carbocycles. The number of nitrogens with one attached hydrogen (secondary N) is 1. The zero-order valence-corrected chi connectivity index (χ0v) is 12.4. The largest absolute Gasteiger partial charge is 0.469 e. The van der Waals surface area contributed by atoms with Gasteiger partial charge in [-0.05, 0) is 0 Å². The van der Waals surface area contributed by atoms with Gasteiger partial charge in [-0.1, -0.05) is 0 Å². The van der Waals surface area contributed by atoms with Crippen molar-refractivity contribution < 1.29 is 38.1 Å². The molecule has 0 bridgehead atoms. The molecule has 0 aliphatic carbocycles. The molecule has 22 heavy (non-hydrogen) atoms. The highest BCUT2D eigenvalue weighted by molar-refractivity contribution is 6.41. The lowest BCUT2D eigenvalue weighted by molar-refractivity contribution is -0.162. The normalized spacial score (nSPS) is 23.5. The second kappa shape index (κ2) is 7.38. The minimum Gasteiger partial charge on any atom is -0.469 e. The molecule has 0 saturated carbocycles. The zero-order valence-electron chi connectivity index (χ0n) is 12.4. The summed E-state index contributed by atoms with van der Waals surface area (Å²) in [5, 5.41) is 3.65. The molecular weight excluding hydrogens is 300 g/mol. The predicted molar refractivity (Wildman–Crippen MR) is 69.4 cm³/mol. The summed E-state index contributed by atoms with van der Waals surface area (Å²) < 4.78 is 18.2. The van der Waals surface area contributed by atoms with E-state index in [1.54, 1.807) is 0 Å². The van der Waals surface area contributed by atoms with E-state index in [-0.39, 0.29) is 0 Å². The van der Waals surface area contributed by atoms with E-state index in [1.165, 1.54) is 0 Å². The van der Waals surface area contributed by atoms with Crippen LogP contribution < -0.4 is 5.43 Å². The van der Waals surface area contributed by atoms with E-state index in [1.807, 2.05) is 0 Å². The monoisotopic (exact) mass is 316 g/mol. The Kier molecular flexibility index (Phi) is 5.84. The molecule has 1 aliphatic rings. The summed E-state index contributed by atoms with van der Waals surface area (Å²) >= 11 is 0. The van der Waals surface area contributed by atoms with E-state index in [4.69, 9.17) is 0 Å². The Balaban J connectivity index is 3.38. The number of rotatable bonds is 4. The maximum atomic E-state index is 12.0. The van der Waals surface area contributed by atoms with Crippen LogP contribution in [0.4, 0.5) is 0 Å². The summed E-state index contributed by atoms with van der Waals surface area (Å²) in [7, 11) is 4.33. The molecule has 0 aromatic heterocycles. The summed E-state index contributed by atoms with van der Waals surface area (Å²) in [5.41, 5.74) is 1.92. The number of ether oxygens (including phenoxy) is 4. The number of methoxy groups -OCH3 is 4. The lowest BCUT2D eigenvalue weighted by Crippen LogP contribution is -2.57.